The van der Waals surface area contributed by atoms with Crippen molar-refractivity contribution in [3.8, 4) is 0 Å². The molecule has 0 radical (unpaired) electrons. The van der Waals surface area contributed by atoms with E-state index in [1.165, 1.54) is 4.88 Å². The first-order chi connectivity index (χ1) is 10.3. The Balaban J connectivity index is 1.66. The second-order valence-electron chi connectivity index (χ2n) is 5.31. The first-order valence-corrected chi connectivity index (χ1v) is 7.98. The van der Waals surface area contributed by atoms with Gasteiger partial charge in [0.25, 0.3) is 5.91 Å². The third kappa shape index (κ3) is 2.14. The lowest BCUT2D eigenvalue weighted by Crippen LogP contribution is -2.30. The van der Waals surface area contributed by atoms with E-state index in [0.29, 0.717) is 0 Å². The Morgan fingerprint density at radius 3 is 3.19 bits per heavy atom. The van der Waals surface area contributed by atoms with Gasteiger partial charge in [-0.25, -0.2) is 4.98 Å². The standard InChI is InChI=1S/C16H15N3OS/c20-16(11-5-6-12-13(9-11)18-10-17-12)19-7-1-3-14(19)15-4-2-8-21-15/h2,4-6,8-10,14H,1,3,7H2,(H,17,18)/t14-/m0/s1. The van der Waals surface area contributed by atoms with Crippen LogP contribution in [0.15, 0.2) is 42.0 Å². The molecule has 1 fully saturated rings. The summed E-state index contributed by atoms with van der Waals surface area (Å²) in [6.07, 6.45) is 3.78. The van der Waals surface area contributed by atoms with Crippen LogP contribution in [0.25, 0.3) is 11.0 Å². The largest absolute Gasteiger partial charge is 0.345 e. The van der Waals surface area contributed by atoms with Gasteiger partial charge in [-0.2, -0.15) is 0 Å². The molecule has 4 nitrogen and oxygen atoms in total. The van der Waals surface area contributed by atoms with Crippen molar-refractivity contribution in [2.24, 2.45) is 0 Å². The van der Waals surface area contributed by atoms with E-state index < -0.39 is 0 Å². The van der Waals surface area contributed by atoms with E-state index in [9.17, 15) is 4.79 Å². The minimum Gasteiger partial charge on any atom is -0.345 e. The van der Waals surface area contributed by atoms with Crippen molar-refractivity contribution in [3.05, 3.63) is 52.5 Å². The van der Waals surface area contributed by atoms with Crippen molar-refractivity contribution in [1.82, 2.24) is 14.9 Å². The van der Waals surface area contributed by atoms with E-state index in [1.807, 2.05) is 23.1 Å². The van der Waals surface area contributed by atoms with Gasteiger partial charge in [-0.1, -0.05) is 6.07 Å². The minimum atomic E-state index is 0.113. The molecule has 0 unspecified atom stereocenters. The van der Waals surface area contributed by atoms with E-state index in [1.54, 1.807) is 17.7 Å². The number of benzene rings is 1. The van der Waals surface area contributed by atoms with Gasteiger partial charge in [-0.05, 0) is 42.5 Å². The van der Waals surface area contributed by atoms with E-state index in [0.717, 1.165) is 36.0 Å². The number of thiophene rings is 1. The molecule has 1 N–H and O–H groups in total. The molecule has 1 aliphatic heterocycles. The van der Waals surface area contributed by atoms with Crippen molar-refractivity contribution in [2.45, 2.75) is 18.9 Å². The number of rotatable bonds is 2. The maximum atomic E-state index is 12.8. The number of aromatic amines is 1. The number of nitrogens with zero attached hydrogens (tertiary/aromatic N) is 2. The fourth-order valence-corrected chi connectivity index (χ4v) is 3.89. The van der Waals surface area contributed by atoms with Gasteiger partial charge in [0.2, 0.25) is 0 Å². The molecule has 1 aromatic carbocycles. The average molecular weight is 297 g/mol. The minimum absolute atomic E-state index is 0.113. The highest BCUT2D eigenvalue weighted by molar-refractivity contribution is 7.10. The zero-order valence-corrected chi connectivity index (χ0v) is 12.3. The molecule has 1 amide bonds. The van der Waals surface area contributed by atoms with Crippen LogP contribution in [0.4, 0.5) is 0 Å². The number of fused-ring (bicyclic) bond motifs is 1. The molecule has 1 aliphatic rings. The SMILES string of the molecule is O=C(c1ccc2nc[nH]c2c1)N1CCC[C@H]1c1cccs1. The maximum Gasteiger partial charge on any atom is 0.254 e. The predicted octanol–water partition coefficient (Wildman–Crippen LogP) is 3.60. The Labute approximate surface area is 126 Å². The van der Waals surface area contributed by atoms with Crippen molar-refractivity contribution in [2.75, 3.05) is 6.54 Å². The highest BCUT2D eigenvalue weighted by Crippen LogP contribution is 2.35. The van der Waals surface area contributed by atoms with Crippen molar-refractivity contribution >= 4 is 28.3 Å². The van der Waals surface area contributed by atoms with E-state index in [4.69, 9.17) is 0 Å². The summed E-state index contributed by atoms with van der Waals surface area (Å²) in [5.74, 6) is 0.113. The average Bonchev–Trinajstić information content (AvgIpc) is 3.24. The molecule has 0 bridgehead atoms. The van der Waals surface area contributed by atoms with Crippen LogP contribution in [0.2, 0.25) is 0 Å². The number of imidazole rings is 1. The van der Waals surface area contributed by atoms with Crippen LogP contribution in [0.3, 0.4) is 0 Å². The van der Waals surface area contributed by atoms with E-state index in [-0.39, 0.29) is 11.9 Å². The maximum absolute atomic E-state index is 12.8. The lowest BCUT2D eigenvalue weighted by Gasteiger charge is -2.24. The summed E-state index contributed by atoms with van der Waals surface area (Å²) >= 11 is 1.73. The van der Waals surface area contributed by atoms with Gasteiger partial charge in [0.1, 0.15) is 0 Å². The fourth-order valence-electron chi connectivity index (χ4n) is 3.02. The Kier molecular flexibility index (Phi) is 3.00. The van der Waals surface area contributed by atoms with Gasteiger partial charge >= 0.3 is 0 Å². The summed E-state index contributed by atoms with van der Waals surface area (Å²) in [5.41, 5.74) is 2.53. The summed E-state index contributed by atoms with van der Waals surface area (Å²) in [6.45, 7) is 0.836. The number of likely N-dealkylation sites (tertiary alicyclic amines) is 1. The second kappa shape index (κ2) is 5.00. The fraction of sp³-hybridized carbons (Fsp3) is 0.250. The molecule has 106 valence electrons. The van der Waals surface area contributed by atoms with E-state index >= 15 is 0 Å². The number of nitrogens with one attached hydrogen (secondary N) is 1. The molecule has 0 saturated carbocycles. The molecule has 21 heavy (non-hydrogen) atoms. The van der Waals surface area contributed by atoms with Crippen LogP contribution in [0.1, 0.15) is 34.1 Å². The lowest BCUT2D eigenvalue weighted by atomic mass is 10.1. The van der Waals surface area contributed by atoms with Crippen LogP contribution in [0.5, 0.6) is 0 Å². The number of H-pyrrole nitrogens is 1. The lowest BCUT2D eigenvalue weighted by molar-refractivity contribution is 0.0738. The van der Waals surface area contributed by atoms with Gasteiger partial charge in [-0.3, -0.25) is 4.79 Å². The Morgan fingerprint density at radius 2 is 2.33 bits per heavy atom. The van der Waals surface area contributed by atoms with E-state index in [2.05, 4.69) is 27.5 Å². The van der Waals surface area contributed by atoms with Gasteiger partial charge < -0.3 is 9.88 Å². The summed E-state index contributed by atoms with van der Waals surface area (Å²) in [7, 11) is 0. The topological polar surface area (TPSA) is 49.0 Å². The zero-order valence-electron chi connectivity index (χ0n) is 11.5. The third-order valence-electron chi connectivity index (χ3n) is 4.05. The molecule has 3 aromatic rings. The van der Waals surface area contributed by atoms with Crippen molar-refractivity contribution < 1.29 is 4.79 Å². The monoisotopic (exact) mass is 297 g/mol. The van der Waals surface area contributed by atoms with Crippen molar-refractivity contribution in [3.63, 3.8) is 0 Å². The first kappa shape index (κ1) is 12.6. The molecule has 1 saturated heterocycles. The second-order valence-corrected chi connectivity index (χ2v) is 6.29. The molecule has 0 spiro atoms. The van der Waals surface area contributed by atoms with Gasteiger partial charge in [0, 0.05) is 17.0 Å². The Hall–Kier alpha value is -2.14. The van der Waals surface area contributed by atoms with Crippen LogP contribution in [-0.4, -0.2) is 27.3 Å². The van der Waals surface area contributed by atoms with Crippen LogP contribution in [-0.2, 0) is 0 Å². The summed E-state index contributed by atoms with van der Waals surface area (Å²) in [6, 6.07) is 10.1. The summed E-state index contributed by atoms with van der Waals surface area (Å²) in [5, 5.41) is 2.08. The molecule has 4 rings (SSSR count). The Morgan fingerprint density at radius 1 is 1.38 bits per heavy atom. The number of carbonyl (C=O) groups excluding carboxylic acids is 1. The molecule has 3 heterocycles. The number of carbonyl (C=O) groups is 1. The quantitative estimate of drug-likeness (QED) is 0.785. The van der Waals surface area contributed by atoms with Crippen LogP contribution in [0, 0.1) is 0 Å². The molecule has 0 aliphatic carbocycles. The van der Waals surface area contributed by atoms with Gasteiger partial charge in [-0.15, -0.1) is 11.3 Å². The molecule has 5 heteroatoms. The first-order valence-electron chi connectivity index (χ1n) is 7.10. The molecule has 2 aromatic heterocycles. The Bertz CT molecular complexity index is 778. The van der Waals surface area contributed by atoms with Gasteiger partial charge in [0.15, 0.2) is 0 Å². The van der Waals surface area contributed by atoms with Crippen LogP contribution < -0.4 is 0 Å². The smallest absolute Gasteiger partial charge is 0.254 e. The number of amides is 1. The molecule has 1 atom stereocenters. The molecular weight excluding hydrogens is 282 g/mol. The normalized spacial score (nSPS) is 18.5. The highest BCUT2D eigenvalue weighted by atomic mass is 32.1. The predicted molar refractivity (Wildman–Crippen MR) is 83.4 cm³/mol. The van der Waals surface area contributed by atoms with Gasteiger partial charge in [0.05, 0.1) is 23.4 Å². The summed E-state index contributed by atoms with van der Waals surface area (Å²) in [4.78, 5) is 23.4. The third-order valence-corrected chi connectivity index (χ3v) is 5.03. The summed E-state index contributed by atoms with van der Waals surface area (Å²) < 4.78 is 0. The number of aromatic nitrogens is 2. The number of hydrogen-bond acceptors (Lipinski definition) is 3. The molecular formula is C16H15N3OS. The zero-order chi connectivity index (χ0) is 14.2. The number of hydrogen-bond donors (Lipinski definition) is 1. The van der Waals surface area contributed by atoms with Crippen LogP contribution >= 0.6 is 11.3 Å². The van der Waals surface area contributed by atoms with Crippen molar-refractivity contribution in [1.29, 1.82) is 0 Å². The highest BCUT2D eigenvalue weighted by Gasteiger charge is 2.31.